The number of piperazine rings is 1. The summed E-state index contributed by atoms with van der Waals surface area (Å²) in [5, 5.41) is 0. The van der Waals surface area contributed by atoms with E-state index in [4.69, 9.17) is 4.74 Å². The molecule has 0 N–H and O–H groups in total. The van der Waals surface area contributed by atoms with Crippen molar-refractivity contribution in [2.75, 3.05) is 66.5 Å². The molecule has 2 aliphatic heterocycles. The fourth-order valence-corrected chi connectivity index (χ4v) is 3.06. The Bertz CT molecular complexity index is 303. The van der Waals surface area contributed by atoms with E-state index in [2.05, 4.69) is 28.7 Å². The summed E-state index contributed by atoms with van der Waals surface area (Å²) in [5.41, 5.74) is 0. The molecule has 0 amide bonds. The second-order valence-corrected chi connectivity index (χ2v) is 6.01. The molecule has 0 spiro atoms. The van der Waals surface area contributed by atoms with Crippen molar-refractivity contribution in [2.45, 2.75) is 6.92 Å². The smallest absolute Gasteiger partial charge is 0.310 e. The van der Waals surface area contributed by atoms with Gasteiger partial charge in [-0.25, -0.2) is 0 Å². The zero-order valence-corrected chi connectivity index (χ0v) is 12.5. The molecule has 0 bridgehead atoms. The van der Waals surface area contributed by atoms with Crippen LogP contribution >= 0.6 is 0 Å². The summed E-state index contributed by atoms with van der Waals surface area (Å²) in [4.78, 5) is 19.0. The summed E-state index contributed by atoms with van der Waals surface area (Å²) in [6, 6.07) is 0. The molecule has 2 unspecified atom stereocenters. The third-order valence-electron chi connectivity index (χ3n) is 4.52. The van der Waals surface area contributed by atoms with E-state index in [0.717, 1.165) is 26.2 Å². The minimum atomic E-state index is -0.0467. The molecular formula is C14H27N3O2. The van der Waals surface area contributed by atoms with Gasteiger partial charge in [-0.05, 0) is 13.0 Å². The fraction of sp³-hybridized carbons (Fsp3) is 0.929. The van der Waals surface area contributed by atoms with Gasteiger partial charge in [-0.2, -0.15) is 0 Å². The maximum absolute atomic E-state index is 11.6. The highest BCUT2D eigenvalue weighted by Crippen LogP contribution is 2.23. The van der Waals surface area contributed by atoms with E-state index < -0.39 is 0 Å². The first-order valence-electron chi connectivity index (χ1n) is 7.31. The first-order valence-corrected chi connectivity index (χ1v) is 7.31. The van der Waals surface area contributed by atoms with E-state index in [1.165, 1.54) is 33.3 Å². The van der Waals surface area contributed by atoms with E-state index in [1.807, 2.05) is 0 Å². The van der Waals surface area contributed by atoms with Gasteiger partial charge in [-0.15, -0.1) is 0 Å². The maximum Gasteiger partial charge on any atom is 0.310 e. The van der Waals surface area contributed by atoms with Crippen LogP contribution in [0.5, 0.6) is 0 Å². The van der Waals surface area contributed by atoms with Gasteiger partial charge in [-0.1, -0.05) is 6.92 Å². The highest BCUT2D eigenvalue weighted by atomic mass is 16.5. The molecule has 110 valence electrons. The number of rotatable bonds is 4. The molecule has 19 heavy (non-hydrogen) atoms. The number of nitrogens with zero attached hydrogens (tertiary/aromatic N) is 3. The van der Waals surface area contributed by atoms with Crippen LogP contribution in [0, 0.1) is 11.8 Å². The van der Waals surface area contributed by atoms with Gasteiger partial charge in [0.05, 0.1) is 13.0 Å². The van der Waals surface area contributed by atoms with Crippen LogP contribution in [0.25, 0.3) is 0 Å². The summed E-state index contributed by atoms with van der Waals surface area (Å²) in [6.07, 6.45) is 0. The SMILES string of the molecule is COC(=O)C1CN(CCN2CCN(C)CC2)CC1C. The third-order valence-corrected chi connectivity index (χ3v) is 4.52. The van der Waals surface area contributed by atoms with E-state index in [1.54, 1.807) is 0 Å². The Hall–Kier alpha value is -0.650. The minimum absolute atomic E-state index is 0.0467. The molecule has 2 aliphatic rings. The lowest BCUT2D eigenvalue weighted by Crippen LogP contribution is -2.46. The molecule has 2 heterocycles. The average Bonchev–Trinajstić information content (AvgIpc) is 2.78. The summed E-state index contributed by atoms with van der Waals surface area (Å²) >= 11 is 0. The first kappa shape index (κ1) is 14.8. The fourth-order valence-electron chi connectivity index (χ4n) is 3.06. The molecule has 0 aromatic heterocycles. The standard InChI is InChI=1S/C14H27N3O2/c1-12-10-17(11-13(12)14(18)19-3)9-8-16-6-4-15(2)5-7-16/h12-13H,4-11H2,1-3H3. The lowest BCUT2D eigenvalue weighted by atomic mass is 9.99. The van der Waals surface area contributed by atoms with E-state index in [9.17, 15) is 4.79 Å². The van der Waals surface area contributed by atoms with Crippen LogP contribution in [-0.2, 0) is 9.53 Å². The summed E-state index contributed by atoms with van der Waals surface area (Å²) < 4.78 is 4.88. The van der Waals surface area contributed by atoms with Crippen LogP contribution in [0.1, 0.15) is 6.92 Å². The van der Waals surface area contributed by atoms with Crippen molar-refractivity contribution >= 4 is 5.97 Å². The number of carbonyl (C=O) groups excluding carboxylic acids is 1. The first-order chi connectivity index (χ1) is 9.10. The Balaban J connectivity index is 1.71. The average molecular weight is 269 g/mol. The van der Waals surface area contributed by atoms with Crippen molar-refractivity contribution in [2.24, 2.45) is 11.8 Å². The largest absolute Gasteiger partial charge is 0.469 e. The molecular weight excluding hydrogens is 242 g/mol. The van der Waals surface area contributed by atoms with Gasteiger partial charge < -0.3 is 14.5 Å². The molecule has 2 fully saturated rings. The third kappa shape index (κ3) is 3.91. The molecule has 2 saturated heterocycles. The van der Waals surface area contributed by atoms with Crippen molar-refractivity contribution < 1.29 is 9.53 Å². The molecule has 0 aliphatic carbocycles. The van der Waals surface area contributed by atoms with Gasteiger partial charge in [0.25, 0.3) is 0 Å². The summed E-state index contributed by atoms with van der Waals surface area (Å²) in [7, 11) is 3.67. The molecule has 2 atom stereocenters. The zero-order valence-electron chi connectivity index (χ0n) is 12.5. The van der Waals surface area contributed by atoms with Crippen molar-refractivity contribution in [3.8, 4) is 0 Å². The Morgan fingerprint density at radius 1 is 1.11 bits per heavy atom. The van der Waals surface area contributed by atoms with Gasteiger partial charge >= 0.3 is 5.97 Å². The highest BCUT2D eigenvalue weighted by molar-refractivity contribution is 5.73. The molecule has 0 saturated carbocycles. The Kier molecular flexibility index (Phi) is 5.19. The van der Waals surface area contributed by atoms with Crippen LogP contribution in [-0.4, -0.2) is 87.2 Å². The van der Waals surface area contributed by atoms with Crippen molar-refractivity contribution in [3.05, 3.63) is 0 Å². The number of carbonyl (C=O) groups is 1. The summed E-state index contributed by atoms with van der Waals surface area (Å²) in [5.74, 6) is 0.437. The van der Waals surface area contributed by atoms with Gasteiger partial charge in [-0.3, -0.25) is 9.69 Å². The number of hydrogen-bond acceptors (Lipinski definition) is 5. The number of ether oxygens (including phenoxy) is 1. The number of likely N-dealkylation sites (N-methyl/N-ethyl adjacent to an activating group) is 1. The minimum Gasteiger partial charge on any atom is -0.469 e. The van der Waals surface area contributed by atoms with E-state index in [0.29, 0.717) is 5.92 Å². The molecule has 2 rings (SSSR count). The predicted octanol–water partition coefficient (Wildman–Crippen LogP) is -0.0253. The molecule has 0 aromatic rings. The van der Waals surface area contributed by atoms with Crippen LogP contribution in [0.15, 0.2) is 0 Å². The molecule has 0 aromatic carbocycles. The van der Waals surface area contributed by atoms with Crippen molar-refractivity contribution in [1.82, 2.24) is 14.7 Å². The van der Waals surface area contributed by atoms with Gasteiger partial charge in [0, 0.05) is 52.4 Å². The number of hydrogen-bond donors (Lipinski definition) is 0. The zero-order chi connectivity index (χ0) is 13.8. The maximum atomic E-state index is 11.6. The number of esters is 1. The van der Waals surface area contributed by atoms with E-state index in [-0.39, 0.29) is 11.9 Å². The Morgan fingerprint density at radius 3 is 2.37 bits per heavy atom. The van der Waals surface area contributed by atoms with Gasteiger partial charge in [0.15, 0.2) is 0 Å². The second kappa shape index (κ2) is 6.68. The molecule has 0 radical (unpaired) electrons. The van der Waals surface area contributed by atoms with Gasteiger partial charge in [0.2, 0.25) is 0 Å². The number of methoxy groups -OCH3 is 1. The van der Waals surface area contributed by atoms with Crippen LogP contribution in [0.2, 0.25) is 0 Å². The summed E-state index contributed by atoms with van der Waals surface area (Å²) in [6.45, 7) is 10.9. The normalized spacial score (nSPS) is 30.7. The lowest BCUT2D eigenvalue weighted by Gasteiger charge is -2.33. The van der Waals surface area contributed by atoms with Crippen molar-refractivity contribution in [1.29, 1.82) is 0 Å². The lowest BCUT2D eigenvalue weighted by molar-refractivity contribution is -0.146. The Labute approximate surface area is 116 Å². The Morgan fingerprint density at radius 2 is 1.74 bits per heavy atom. The van der Waals surface area contributed by atoms with Gasteiger partial charge in [0.1, 0.15) is 0 Å². The topological polar surface area (TPSA) is 36.0 Å². The monoisotopic (exact) mass is 269 g/mol. The quantitative estimate of drug-likeness (QED) is 0.670. The van der Waals surface area contributed by atoms with Crippen molar-refractivity contribution in [3.63, 3.8) is 0 Å². The van der Waals surface area contributed by atoms with Crippen LogP contribution in [0.4, 0.5) is 0 Å². The molecule has 5 nitrogen and oxygen atoms in total. The van der Waals surface area contributed by atoms with Crippen LogP contribution in [0.3, 0.4) is 0 Å². The molecule has 5 heteroatoms. The second-order valence-electron chi connectivity index (χ2n) is 6.01. The highest BCUT2D eigenvalue weighted by Gasteiger charge is 2.35. The predicted molar refractivity (Wildman–Crippen MR) is 75.0 cm³/mol. The van der Waals surface area contributed by atoms with Crippen LogP contribution < -0.4 is 0 Å². The van der Waals surface area contributed by atoms with E-state index >= 15 is 0 Å². The number of likely N-dealkylation sites (tertiary alicyclic amines) is 1.